The van der Waals surface area contributed by atoms with Crippen LogP contribution in [-0.4, -0.2) is 10.9 Å². The van der Waals surface area contributed by atoms with Gasteiger partial charge >= 0.3 is 6.18 Å². The summed E-state index contributed by atoms with van der Waals surface area (Å²) in [5.74, 6) is -0.741. The third-order valence-corrected chi connectivity index (χ3v) is 1.48. The molecule has 80 valence electrons. The maximum absolute atomic E-state index is 12.2. The number of amides is 1. The van der Waals surface area contributed by atoms with Crippen molar-refractivity contribution in [2.75, 3.05) is 0 Å². The zero-order valence-electron chi connectivity index (χ0n) is 7.45. The molecule has 1 amide bonds. The Morgan fingerprint density at radius 1 is 1.40 bits per heavy atom. The standard InChI is InChI=1S/C9H7F3N2O/c10-9(11,12)7-3-1-2-6(14-7)4-5-8(13)15/h1-5H,(H2,13,15). The summed E-state index contributed by atoms with van der Waals surface area (Å²) in [5.41, 5.74) is 3.81. The van der Waals surface area contributed by atoms with Crippen molar-refractivity contribution < 1.29 is 18.0 Å². The van der Waals surface area contributed by atoms with Gasteiger partial charge in [0.25, 0.3) is 0 Å². The molecule has 0 saturated carbocycles. The van der Waals surface area contributed by atoms with Gasteiger partial charge in [0.1, 0.15) is 5.69 Å². The predicted octanol–water partition coefficient (Wildman–Crippen LogP) is 1.60. The van der Waals surface area contributed by atoms with E-state index in [1.807, 2.05) is 0 Å². The lowest BCUT2D eigenvalue weighted by molar-refractivity contribution is -0.141. The normalized spacial score (nSPS) is 11.9. The Kier molecular flexibility index (Phi) is 3.08. The molecule has 0 aromatic carbocycles. The van der Waals surface area contributed by atoms with Crippen molar-refractivity contribution in [3.63, 3.8) is 0 Å². The number of carbonyl (C=O) groups excluding carboxylic acids is 1. The van der Waals surface area contributed by atoms with Crippen LogP contribution in [0.3, 0.4) is 0 Å². The van der Waals surface area contributed by atoms with E-state index in [2.05, 4.69) is 4.98 Å². The van der Waals surface area contributed by atoms with Crippen molar-refractivity contribution in [3.8, 4) is 0 Å². The number of pyridine rings is 1. The highest BCUT2D eigenvalue weighted by Crippen LogP contribution is 2.27. The van der Waals surface area contributed by atoms with Crippen LogP contribution < -0.4 is 5.73 Å². The van der Waals surface area contributed by atoms with Crippen molar-refractivity contribution in [2.45, 2.75) is 6.18 Å². The molecular weight excluding hydrogens is 209 g/mol. The Morgan fingerprint density at radius 2 is 2.07 bits per heavy atom. The van der Waals surface area contributed by atoms with E-state index < -0.39 is 17.8 Å². The van der Waals surface area contributed by atoms with E-state index in [-0.39, 0.29) is 5.69 Å². The van der Waals surface area contributed by atoms with Crippen LogP contribution in [0.25, 0.3) is 6.08 Å². The summed E-state index contributed by atoms with van der Waals surface area (Å²) in [6.45, 7) is 0. The number of nitrogens with two attached hydrogens (primary N) is 1. The summed E-state index contributed by atoms with van der Waals surface area (Å²) in [4.78, 5) is 13.6. The minimum atomic E-state index is -4.49. The van der Waals surface area contributed by atoms with Gasteiger partial charge in [0.2, 0.25) is 5.91 Å². The van der Waals surface area contributed by atoms with E-state index >= 15 is 0 Å². The second-order valence-electron chi connectivity index (χ2n) is 2.68. The molecule has 2 N–H and O–H groups in total. The topological polar surface area (TPSA) is 56.0 Å². The number of alkyl halides is 3. The highest BCUT2D eigenvalue weighted by atomic mass is 19.4. The lowest BCUT2D eigenvalue weighted by Gasteiger charge is -2.05. The summed E-state index contributed by atoms with van der Waals surface area (Å²) in [5, 5.41) is 0. The van der Waals surface area contributed by atoms with E-state index in [1.165, 1.54) is 12.1 Å². The zero-order chi connectivity index (χ0) is 11.5. The van der Waals surface area contributed by atoms with Gasteiger partial charge in [0.15, 0.2) is 0 Å². The fraction of sp³-hybridized carbons (Fsp3) is 0.111. The lowest BCUT2D eigenvalue weighted by atomic mass is 10.3. The number of primary amides is 1. The number of hydrogen-bond donors (Lipinski definition) is 1. The number of aromatic nitrogens is 1. The van der Waals surface area contributed by atoms with Gasteiger partial charge in [-0.05, 0) is 18.2 Å². The second kappa shape index (κ2) is 4.12. The van der Waals surface area contributed by atoms with E-state index in [0.717, 1.165) is 18.2 Å². The summed E-state index contributed by atoms with van der Waals surface area (Å²) in [6, 6.07) is 3.40. The Hall–Kier alpha value is -1.85. The lowest BCUT2D eigenvalue weighted by Crippen LogP contribution is -2.08. The molecule has 1 aromatic heterocycles. The first-order valence-corrected chi connectivity index (χ1v) is 3.91. The number of hydrogen-bond acceptors (Lipinski definition) is 2. The van der Waals surface area contributed by atoms with E-state index in [0.29, 0.717) is 0 Å². The molecule has 6 heteroatoms. The average Bonchev–Trinajstić information content (AvgIpc) is 2.14. The molecule has 0 bridgehead atoms. The van der Waals surface area contributed by atoms with Crippen molar-refractivity contribution in [1.82, 2.24) is 4.98 Å². The molecule has 0 atom stereocenters. The molecule has 0 radical (unpaired) electrons. The van der Waals surface area contributed by atoms with Crippen LogP contribution in [0.2, 0.25) is 0 Å². The SMILES string of the molecule is NC(=O)C=Cc1cccc(C(F)(F)F)n1. The molecule has 0 aliphatic carbocycles. The summed E-state index contributed by atoms with van der Waals surface area (Å²) in [7, 11) is 0. The maximum Gasteiger partial charge on any atom is 0.433 e. The Balaban J connectivity index is 2.98. The van der Waals surface area contributed by atoms with Gasteiger partial charge in [-0.2, -0.15) is 13.2 Å². The van der Waals surface area contributed by atoms with Crippen molar-refractivity contribution in [2.24, 2.45) is 5.73 Å². The number of carbonyl (C=O) groups is 1. The van der Waals surface area contributed by atoms with Gasteiger partial charge in [-0.3, -0.25) is 4.79 Å². The van der Waals surface area contributed by atoms with Crippen LogP contribution >= 0.6 is 0 Å². The van der Waals surface area contributed by atoms with Gasteiger partial charge in [0, 0.05) is 6.08 Å². The van der Waals surface area contributed by atoms with Crippen LogP contribution in [0.15, 0.2) is 24.3 Å². The van der Waals surface area contributed by atoms with Gasteiger partial charge in [-0.25, -0.2) is 4.98 Å². The molecule has 1 aromatic rings. The molecule has 1 heterocycles. The molecule has 0 fully saturated rings. The van der Waals surface area contributed by atoms with Crippen molar-refractivity contribution >= 4 is 12.0 Å². The van der Waals surface area contributed by atoms with E-state index in [1.54, 1.807) is 0 Å². The highest BCUT2D eigenvalue weighted by Gasteiger charge is 2.32. The number of rotatable bonds is 2. The molecule has 3 nitrogen and oxygen atoms in total. The first-order valence-electron chi connectivity index (χ1n) is 3.91. The average molecular weight is 216 g/mol. The van der Waals surface area contributed by atoms with Gasteiger partial charge < -0.3 is 5.73 Å². The van der Waals surface area contributed by atoms with Gasteiger partial charge in [-0.15, -0.1) is 0 Å². The Morgan fingerprint density at radius 3 is 2.60 bits per heavy atom. The molecule has 0 aliphatic rings. The second-order valence-corrected chi connectivity index (χ2v) is 2.68. The summed E-state index contributed by atoms with van der Waals surface area (Å²) in [6.07, 6.45) is -2.42. The van der Waals surface area contributed by atoms with E-state index in [9.17, 15) is 18.0 Å². The fourth-order valence-electron chi connectivity index (χ4n) is 0.870. The number of nitrogens with zero attached hydrogens (tertiary/aromatic N) is 1. The third kappa shape index (κ3) is 3.41. The molecule has 0 saturated heterocycles. The monoisotopic (exact) mass is 216 g/mol. The molecule has 1 rings (SSSR count). The fourth-order valence-corrected chi connectivity index (χ4v) is 0.870. The zero-order valence-corrected chi connectivity index (χ0v) is 7.45. The van der Waals surface area contributed by atoms with Crippen LogP contribution in [0.5, 0.6) is 0 Å². The molecule has 0 aliphatic heterocycles. The predicted molar refractivity (Wildman–Crippen MR) is 47.5 cm³/mol. The molecular formula is C9H7F3N2O. The minimum Gasteiger partial charge on any atom is -0.366 e. The first-order chi connectivity index (χ1) is 6.89. The van der Waals surface area contributed by atoms with Crippen LogP contribution in [0.1, 0.15) is 11.4 Å². The van der Waals surface area contributed by atoms with E-state index in [4.69, 9.17) is 5.73 Å². The molecule has 15 heavy (non-hydrogen) atoms. The molecule has 0 unspecified atom stereocenters. The molecule has 0 spiro atoms. The largest absolute Gasteiger partial charge is 0.433 e. The van der Waals surface area contributed by atoms with Crippen molar-refractivity contribution in [3.05, 3.63) is 35.7 Å². The van der Waals surface area contributed by atoms with Gasteiger partial charge in [-0.1, -0.05) is 6.07 Å². The van der Waals surface area contributed by atoms with Crippen LogP contribution in [0, 0.1) is 0 Å². The maximum atomic E-state index is 12.2. The highest BCUT2D eigenvalue weighted by molar-refractivity contribution is 5.89. The Bertz CT molecular complexity index is 399. The van der Waals surface area contributed by atoms with Crippen molar-refractivity contribution in [1.29, 1.82) is 0 Å². The number of halogens is 3. The quantitative estimate of drug-likeness (QED) is 0.763. The third-order valence-electron chi connectivity index (χ3n) is 1.48. The van der Waals surface area contributed by atoms with Crippen LogP contribution in [-0.2, 0) is 11.0 Å². The summed E-state index contributed by atoms with van der Waals surface area (Å²) >= 11 is 0. The first kappa shape index (κ1) is 11.2. The smallest absolute Gasteiger partial charge is 0.366 e. The van der Waals surface area contributed by atoms with Gasteiger partial charge in [0.05, 0.1) is 5.69 Å². The van der Waals surface area contributed by atoms with Crippen LogP contribution in [0.4, 0.5) is 13.2 Å². The summed E-state index contributed by atoms with van der Waals surface area (Å²) < 4.78 is 36.6. The Labute approximate surface area is 83.4 Å². The minimum absolute atomic E-state index is 0.0311.